The van der Waals surface area contributed by atoms with Crippen LogP contribution >= 0.6 is 0 Å². The number of nitrogens with two attached hydrogens (primary N) is 1. The number of hydrogen-bond acceptors (Lipinski definition) is 3. The molecule has 0 aliphatic carbocycles. The van der Waals surface area contributed by atoms with Crippen molar-refractivity contribution in [3.63, 3.8) is 0 Å². The molecule has 3 unspecified atom stereocenters. The maximum atomic E-state index is 5.94. The van der Waals surface area contributed by atoms with Crippen LogP contribution in [-0.2, 0) is 0 Å². The maximum Gasteiger partial charge on any atom is 0.0394 e. The molecular formula is C17H39N3. The molecule has 3 heteroatoms. The smallest absolute Gasteiger partial charge is 0.0394 e. The summed E-state index contributed by atoms with van der Waals surface area (Å²) in [5, 5.41) is 0. The normalized spacial score (nSPS) is 18.0. The summed E-state index contributed by atoms with van der Waals surface area (Å²) in [5.41, 5.74) is 3.29. The second-order valence-electron chi connectivity index (χ2n) is 6.25. The minimum Gasteiger partial charge on any atom is -0.297 e. The van der Waals surface area contributed by atoms with E-state index in [0.29, 0.717) is 6.04 Å². The minimum atomic E-state index is 0.151. The summed E-state index contributed by atoms with van der Waals surface area (Å²) in [6.45, 7) is 15.9. The van der Waals surface area contributed by atoms with Gasteiger partial charge in [-0.05, 0) is 38.8 Å². The van der Waals surface area contributed by atoms with Gasteiger partial charge in [-0.15, -0.1) is 0 Å². The molecule has 0 radical (unpaired) electrons. The van der Waals surface area contributed by atoms with Crippen LogP contribution in [0.1, 0.15) is 80.1 Å². The zero-order valence-electron chi connectivity index (χ0n) is 14.8. The molecule has 0 aromatic carbocycles. The number of unbranched alkanes of at least 4 members (excludes halogenated alkanes) is 1. The zero-order chi connectivity index (χ0) is 15.6. The van der Waals surface area contributed by atoms with Crippen molar-refractivity contribution in [3.05, 3.63) is 0 Å². The second-order valence-corrected chi connectivity index (χ2v) is 6.25. The summed E-state index contributed by atoms with van der Waals surface area (Å²) >= 11 is 0. The number of likely N-dealkylation sites (N-methyl/N-ethyl adjacent to an activating group) is 1. The van der Waals surface area contributed by atoms with Gasteiger partial charge in [-0.25, -0.2) is 0 Å². The molecule has 0 amide bonds. The molecule has 3 atom stereocenters. The van der Waals surface area contributed by atoms with E-state index in [9.17, 15) is 0 Å². The van der Waals surface area contributed by atoms with E-state index < -0.39 is 0 Å². The van der Waals surface area contributed by atoms with E-state index in [0.717, 1.165) is 25.4 Å². The Labute approximate surface area is 127 Å². The monoisotopic (exact) mass is 285 g/mol. The first-order valence-corrected chi connectivity index (χ1v) is 8.74. The van der Waals surface area contributed by atoms with Crippen LogP contribution in [0.25, 0.3) is 0 Å². The first-order valence-electron chi connectivity index (χ1n) is 8.74. The molecule has 20 heavy (non-hydrogen) atoms. The van der Waals surface area contributed by atoms with Gasteiger partial charge in [0, 0.05) is 11.6 Å². The van der Waals surface area contributed by atoms with Crippen LogP contribution < -0.4 is 11.3 Å². The first-order chi connectivity index (χ1) is 9.53. The molecule has 0 saturated carbocycles. The van der Waals surface area contributed by atoms with Crippen molar-refractivity contribution in [2.45, 2.75) is 91.6 Å². The number of hydrogen-bond donors (Lipinski definition) is 2. The average Bonchev–Trinajstić information content (AvgIpc) is 2.48. The van der Waals surface area contributed by atoms with Crippen molar-refractivity contribution < 1.29 is 0 Å². The summed E-state index contributed by atoms with van der Waals surface area (Å²) in [6.07, 6.45) is 7.54. The third kappa shape index (κ3) is 5.34. The predicted molar refractivity (Wildman–Crippen MR) is 90.7 cm³/mol. The van der Waals surface area contributed by atoms with Gasteiger partial charge < -0.3 is 0 Å². The van der Waals surface area contributed by atoms with Crippen molar-refractivity contribution in [3.8, 4) is 0 Å². The van der Waals surface area contributed by atoms with E-state index >= 15 is 0 Å². The SMILES string of the molecule is CCCCC(CC)CC(NN)C(C)(CC)N(CC)CC. The lowest BCUT2D eigenvalue weighted by atomic mass is 9.80. The number of nitrogens with one attached hydrogen (secondary N) is 1. The highest BCUT2D eigenvalue weighted by molar-refractivity contribution is 4.95. The Morgan fingerprint density at radius 2 is 1.70 bits per heavy atom. The van der Waals surface area contributed by atoms with Crippen LogP contribution in [0.15, 0.2) is 0 Å². The molecular weight excluding hydrogens is 246 g/mol. The zero-order valence-corrected chi connectivity index (χ0v) is 14.8. The van der Waals surface area contributed by atoms with E-state index in [1.54, 1.807) is 0 Å². The summed E-state index contributed by atoms with van der Waals surface area (Å²) in [5.74, 6) is 6.73. The minimum absolute atomic E-state index is 0.151. The van der Waals surface area contributed by atoms with Gasteiger partial charge >= 0.3 is 0 Å². The fourth-order valence-corrected chi connectivity index (χ4v) is 3.45. The standard InChI is InChI=1S/C17H39N3/c1-7-12-13-15(8-2)14-16(19-18)17(6,9-3)20(10-4)11-5/h15-16,19H,7-14,18H2,1-6H3. The molecule has 122 valence electrons. The highest BCUT2D eigenvalue weighted by atomic mass is 15.3. The van der Waals surface area contributed by atoms with Gasteiger partial charge in [0.1, 0.15) is 0 Å². The van der Waals surface area contributed by atoms with E-state index in [4.69, 9.17) is 5.84 Å². The lowest BCUT2D eigenvalue weighted by Gasteiger charge is -2.46. The third-order valence-corrected chi connectivity index (χ3v) is 5.27. The van der Waals surface area contributed by atoms with Crippen molar-refractivity contribution in [2.75, 3.05) is 13.1 Å². The van der Waals surface area contributed by atoms with Gasteiger partial charge in [-0.3, -0.25) is 16.2 Å². The highest BCUT2D eigenvalue weighted by Gasteiger charge is 2.37. The molecule has 0 rings (SSSR count). The summed E-state index contributed by atoms with van der Waals surface area (Å²) in [6, 6.07) is 0.370. The average molecular weight is 286 g/mol. The molecule has 3 N–H and O–H groups in total. The molecule has 0 aliphatic rings. The molecule has 0 aromatic heterocycles. The van der Waals surface area contributed by atoms with E-state index in [1.165, 1.54) is 32.1 Å². The molecule has 0 aromatic rings. The lowest BCUT2D eigenvalue weighted by molar-refractivity contribution is 0.0586. The van der Waals surface area contributed by atoms with Crippen LogP contribution in [0.3, 0.4) is 0 Å². The fourth-order valence-electron chi connectivity index (χ4n) is 3.45. The van der Waals surface area contributed by atoms with Gasteiger partial charge in [0.15, 0.2) is 0 Å². The Kier molecular flexibility index (Phi) is 10.5. The van der Waals surface area contributed by atoms with Gasteiger partial charge in [0.05, 0.1) is 0 Å². The first kappa shape index (κ1) is 19.9. The largest absolute Gasteiger partial charge is 0.297 e. The molecule has 3 nitrogen and oxygen atoms in total. The van der Waals surface area contributed by atoms with Gasteiger partial charge in [-0.2, -0.15) is 0 Å². The number of rotatable bonds is 12. The Morgan fingerprint density at radius 1 is 1.10 bits per heavy atom. The van der Waals surface area contributed by atoms with Crippen molar-refractivity contribution in [1.82, 2.24) is 10.3 Å². The maximum absolute atomic E-state index is 5.94. The van der Waals surface area contributed by atoms with Gasteiger partial charge in [-0.1, -0.05) is 60.3 Å². The number of nitrogens with zero attached hydrogens (tertiary/aromatic N) is 1. The summed E-state index contributed by atoms with van der Waals surface area (Å²) in [7, 11) is 0. The molecule has 0 aliphatic heterocycles. The van der Waals surface area contributed by atoms with Crippen LogP contribution in [0, 0.1) is 5.92 Å². The fraction of sp³-hybridized carbons (Fsp3) is 1.00. The van der Waals surface area contributed by atoms with E-state index in [-0.39, 0.29) is 5.54 Å². The Hall–Kier alpha value is -0.120. The molecule has 0 heterocycles. The number of hydrazine groups is 1. The Bertz CT molecular complexity index is 228. The van der Waals surface area contributed by atoms with Crippen LogP contribution in [0.4, 0.5) is 0 Å². The topological polar surface area (TPSA) is 41.3 Å². The molecule has 0 saturated heterocycles. The van der Waals surface area contributed by atoms with E-state index in [1.807, 2.05) is 0 Å². The van der Waals surface area contributed by atoms with Crippen LogP contribution in [-0.4, -0.2) is 29.6 Å². The predicted octanol–water partition coefficient (Wildman–Crippen LogP) is 3.94. The second kappa shape index (κ2) is 10.6. The quantitative estimate of drug-likeness (QED) is 0.421. The van der Waals surface area contributed by atoms with Gasteiger partial charge in [0.25, 0.3) is 0 Å². The highest BCUT2D eigenvalue weighted by Crippen LogP contribution is 2.29. The van der Waals surface area contributed by atoms with Crippen LogP contribution in [0.5, 0.6) is 0 Å². The van der Waals surface area contributed by atoms with Crippen molar-refractivity contribution >= 4 is 0 Å². The summed E-state index contributed by atoms with van der Waals surface area (Å²) in [4.78, 5) is 2.56. The Balaban J connectivity index is 4.90. The summed E-state index contributed by atoms with van der Waals surface area (Å²) < 4.78 is 0. The Morgan fingerprint density at radius 3 is 2.05 bits per heavy atom. The molecule has 0 bridgehead atoms. The lowest BCUT2D eigenvalue weighted by Crippen LogP contribution is -2.61. The van der Waals surface area contributed by atoms with Crippen molar-refractivity contribution in [1.29, 1.82) is 0 Å². The van der Waals surface area contributed by atoms with Crippen LogP contribution in [0.2, 0.25) is 0 Å². The van der Waals surface area contributed by atoms with E-state index in [2.05, 4.69) is 51.9 Å². The third-order valence-electron chi connectivity index (χ3n) is 5.27. The molecule has 0 spiro atoms. The van der Waals surface area contributed by atoms with Gasteiger partial charge in [0.2, 0.25) is 0 Å². The molecule has 0 fully saturated rings. The van der Waals surface area contributed by atoms with Crippen molar-refractivity contribution in [2.24, 2.45) is 11.8 Å².